The topological polar surface area (TPSA) is 71.8 Å². The van der Waals surface area contributed by atoms with Crippen LogP contribution in [0, 0.1) is 20.8 Å². The van der Waals surface area contributed by atoms with Crippen molar-refractivity contribution in [2.45, 2.75) is 50.6 Å². The molecule has 1 aliphatic heterocycles. The van der Waals surface area contributed by atoms with E-state index in [0.29, 0.717) is 5.16 Å². The van der Waals surface area contributed by atoms with Crippen LogP contribution in [0.3, 0.4) is 0 Å². The van der Waals surface area contributed by atoms with Crippen LogP contribution in [-0.4, -0.2) is 26.0 Å². The highest BCUT2D eigenvalue weighted by Crippen LogP contribution is 2.38. The fourth-order valence-corrected chi connectivity index (χ4v) is 4.54. The van der Waals surface area contributed by atoms with Gasteiger partial charge in [-0.1, -0.05) is 60.6 Å². The van der Waals surface area contributed by atoms with E-state index in [4.69, 9.17) is 0 Å². The number of aryl methyl sites for hydroxylation is 3. The van der Waals surface area contributed by atoms with Gasteiger partial charge in [0.1, 0.15) is 5.25 Å². The SMILES string of the molecule is CCc1nnc2n1N[C@@H](c1ccc(C)cc1)[C@H](C(=O)Nc1cccc(C)c1C)S2. The van der Waals surface area contributed by atoms with Crippen LogP contribution in [0.1, 0.15) is 41.0 Å². The Labute approximate surface area is 175 Å². The molecule has 3 aromatic rings. The molecule has 2 atom stereocenters. The molecule has 0 unspecified atom stereocenters. The summed E-state index contributed by atoms with van der Waals surface area (Å²) in [5.41, 5.74) is 8.81. The van der Waals surface area contributed by atoms with Crippen LogP contribution >= 0.6 is 11.8 Å². The maximum atomic E-state index is 13.3. The van der Waals surface area contributed by atoms with Crippen molar-refractivity contribution in [3.8, 4) is 0 Å². The summed E-state index contributed by atoms with van der Waals surface area (Å²) in [6.07, 6.45) is 0.764. The lowest BCUT2D eigenvalue weighted by Gasteiger charge is -2.33. The molecule has 2 heterocycles. The maximum Gasteiger partial charge on any atom is 0.240 e. The third-order valence-corrected chi connectivity index (χ3v) is 6.59. The van der Waals surface area contributed by atoms with Crippen molar-refractivity contribution >= 4 is 23.4 Å². The van der Waals surface area contributed by atoms with Gasteiger partial charge in [-0.15, -0.1) is 10.2 Å². The van der Waals surface area contributed by atoms with Crippen molar-refractivity contribution in [2.24, 2.45) is 0 Å². The van der Waals surface area contributed by atoms with Crippen LogP contribution < -0.4 is 10.7 Å². The van der Waals surface area contributed by atoms with E-state index in [0.717, 1.165) is 34.6 Å². The normalized spacial score (nSPS) is 18.1. The number of hydrogen-bond donors (Lipinski definition) is 2. The molecule has 4 rings (SSSR count). The van der Waals surface area contributed by atoms with Gasteiger partial charge < -0.3 is 10.7 Å². The zero-order valence-corrected chi connectivity index (χ0v) is 17.9. The molecular formula is C22H25N5OS. The van der Waals surface area contributed by atoms with Crippen LogP contribution in [0.25, 0.3) is 0 Å². The summed E-state index contributed by atoms with van der Waals surface area (Å²) in [6, 6.07) is 14.1. The second-order valence-corrected chi connectivity index (χ2v) is 8.49. The van der Waals surface area contributed by atoms with Gasteiger partial charge in [0.2, 0.25) is 11.1 Å². The molecule has 0 fully saturated rings. The highest BCUT2D eigenvalue weighted by atomic mass is 32.2. The van der Waals surface area contributed by atoms with E-state index in [9.17, 15) is 4.79 Å². The molecule has 0 spiro atoms. The van der Waals surface area contributed by atoms with Gasteiger partial charge in [-0.2, -0.15) is 0 Å². The Balaban J connectivity index is 1.69. The van der Waals surface area contributed by atoms with E-state index in [1.165, 1.54) is 17.3 Å². The molecule has 2 aromatic carbocycles. The Hall–Kier alpha value is -2.80. The zero-order chi connectivity index (χ0) is 20.5. The summed E-state index contributed by atoms with van der Waals surface area (Å²) in [7, 11) is 0. The molecule has 0 radical (unpaired) electrons. The Morgan fingerprint density at radius 1 is 1.14 bits per heavy atom. The molecule has 1 amide bonds. The van der Waals surface area contributed by atoms with E-state index in [-0.39, 0.29) is 17.2 Å². The van der Waals surface area contributed by atoms with Gasteiger partial charge >= 0.3 is 0 Å². The standard InChI is InChI=1S/C22H25N5OS/c1-5-18-24-25-22-27(18)26-19(16-11-9-13(2)10-12-16)20(29-22)21(28)23-17-8-6-7-14(3)15(17)4/h6-12,19-20,26H,5H2,1-4H3,(H,23,28)/t19-,20+/m0/s1. The summed E-state index contributed by atoms with van der Waals surface area (Å²) in [6.45, 7) is 8.18. The van der Waals surface area contributed by atoms with Crippen LogP contribution in [0.5, 0.6) is 0 Å². The van der Waals surface area contributed by atoms with Gasteiger partial charge in [0, 0.05) is 12.1 Å². The quantitative estimate of drug-likeness (QED) is 0.679. The van der Waals surface area contributed by atoms with Gasteiger partial charge in [-0.3, -0.25) is 4.79 Å². The lowest BCUT2D eigenvalue weighted by atomic mass is 10.0. The molecule has 0 saturated heterocycles. The lowest BCUT2D eigenvalue weighted by molar-refractivity contribution is -0.116. The van der Waals surface area contributed by atoms with E-state index in [1.807, 2.05) is 43.6 Å². The fourth-order valence-electron chi connectivity index (χ4n) is 3.44. The van der Waals surface area contributed by atoms with E-state index in [2.05, 4.69) is 52.1 Å². The zero-order valence-electron chi connectivity index (χ0n) is 17.1. The van der Waals surface area contributed by atoms with Gasteiger partial charge in [0.15, 0.2) is 5.82 Å². The van der Waals surface area contributed by atoms with Crippen molar-refractivity contribution in [1.82, 2.24) is 14.9 Å². The number of anilines is 1. The van der Waals surface area contributed by atoms with E-state index in [1.54, 1.807) is 0 Å². The molecule has 6 nitrogen and oxygen atoms in total. The highest BCUT2D eigenvalue weighted by Gasteiger charge is 2.37. The molecule has 29 heavy (non-hydrogen) atoms. The molecule has 150 valence electrons. The molecular weight excluding hydrogens is 382 g/mol. The van der Waals surface area contributed by atoms with Crippen molar-refractivity contribution in [3.63, 3.8) is 0 Å². The summed E-state index contributed by atoms with van der Waals surface area (Å²) >= 11 is 1.45. The minimum Gasteiger partial charge on any atom is -0.325 e. The van der Waals surface area contributed by atoms with Gasteiger partial charge in [0.05, 0.1) is 6.04 Å². The number of benzene rings is 2. The molecule has 0 aliphatic carbocycles. The fraction of sp³-hybridized carbons (Fsp3) is 0.318. The molecule has 2 N–H and O–H groups in total. The first-order valence-corrected chi connectivity index (χ1v) is 10.7. The summed E-state index contributed by atoms with van der Waals surface area (Å²) < 4.78 is 1.91. The number of fused-ring (bicyclic) bond motifs is 1. The smallest absolute Gasteiger partial charge is 0.240 e. The summed E-state index contributed by atoms with van der Waals surface area (Å²) in [4.78, 5) is 13.3. The number of aromatic nitrogens is 3. The van der Waals surface area contributed by atoms with Gasteiger partial charge in [-0.05, 0) is 43.5 Å². The number of amides is 1. The predicted molar refractivity (Wildman–Crippen MR) is 117 cm³/mol. The first-order chi connectivity index (χ1) is 14.0. The van der Waals surface area contributed by atoms with Crippen LogP contribution in [0.2, 0.25) is 0 Å². The number of carbonyl (C=O) groups is 1. The molecule has 7 heteroatoms. The average molecular weight is 408 g/mol. The maximum absolute atomic E-state index is 13.3. The molecule has 0 bridgehead atoms. The Morgan fingerprint density at radius 2 is 1.90 bits per heavy atom. The van der Waals surface area contributed by atoms with Crippen LogP contribution in [-0.2, 0) is 11.2 Å². The van der Waals surface area contributed by atoms with Gasteiger partial charge in [-0.25, -0.2) is 4.68 Å². The van der Waals surface area contributed by atoms with Crippen molar-refractivity contribution in [1.29, 1.82) is 0 Å². The minimum absolute atomic E-state index is 0.0472. The Kier molecular flexibility index (Phi) is 5.32. The third kappa shape index (κ3) is 3.74. The van der Waals surface area contributed by atoms with E-state index < -0.39 is 0 Å². The van der Waals surface area contributed by atoms with Crippen molar-refractivity contribution < 1.29 is 4.79 Å². The summed E-state index contributed by atoms with van der Waals surface area (Å²) in [5.74, 6) is 0.812. The lowest BCUT2D eigenvalue weighted by Crippen LogP contribution is -2.41. The number of hydrogen-bond acceptors (Lipinski definition) is 5. The number of nitrogens with zero attached hydrogens (tertiary/aromatic N) is 3. The average Bonchev–Trinajstić information content (AvgIpc) is 3.13. The molecule has 1 aromatic heterocycles. The predicted octanol–water partition coefficient (Wildman–Crippen LogP) is 4.16. The third-order valence-electron chi connectivity index (χ3n) is 5.38. The highest BCUT2D eigenvalue weighted by molar-refractivity contribution is 8.00. The number of rotatable bonds is 4. The van der Waals surface area contributed by atoms with Gasteiger partial charge in [0.25, 0.3) is 0 Å². The first kappa shape index (κ1) is 19.5. The second kappa shape index (κ2) is 7.91. The van der Waals surface area contributed by atoms with E-state index >= 15 is 0 Å². The van der Waals surface area contributed by atoms with Crippen LogP contribution in [0.4, 0.5) is 5.69 Å². The number of thioether (sulfide) groups is 1. The summed E-state index contributed by atoms with van der Waals surface area (Å²) in [5, 5.41) is 12.0. The first-order valence-electron chi connectivity index (χ1n) is 9.79. The monoisotopic (exact) mass is 407 g/mol. The number of nitrogens with one attached hydrogen (secondary N) is 2. The van der Waals surface area contributed by atoms with Crippen molar-refractivity contribution in [2.75, 3.05) is 10.7 Å². The van der Waals surface area contributed by atoms with Crippen molar-refractivity contribution in [3.05, 3.63) is 70.5 Å². The van der Waals surface area contributed by atoms with Crippen LogP contribution in [0.15, 0.2) is 47.6 Å². The second-order valence-electron chi connectivity index (χ2n) is 7.38. The molecule has 0 saturated carbocycles. The molecule has 1 aliphatic rings. The minimum atomic E-state index is -0.376. The number of carbonyl (C=O) groups excluding carboxylic acids is 1. The Morgan fingerprint density at radius 3 is 2.62 bits per heavy atom. The Bertz CT molecular complexity index is 1040. The largest absolute Gasteiger partial charge is 0.325 e.